The van der Waals surface area contributed by atoms with E-state index in [-0.39, 0.29) is 5.54 Å². The molecule has 1 aliphatic rings. The van der Waals surface area contributed by atoms with E-state index < -0.39 is 6.03 Å². The molecule has 1 fully saturated rings. The summed E-state index contributed by atoms with van der Waals surface area (Å²) >= 11 is 0. The van der Waals surface area contributed by atoms with E-state index in [2.05, 4.69) is 0 Å². The summed E-state index contributed by atoms with van der Waals surface area (Å²) in [4.78, 5) is 12.6. The Morgan fingerprint density at radius 3 is 2.50 bits per heavy atom. The maximum Gasteiger partial charge on any atom is 0.319 e. The van der Waals surface area contributed by atoms with E-state index in [1.165, 1.54) is 4.90 Å². The number of carbonyl (C=O) groups is 1. The highest BCUT2D eigenvalue weighted by Crippen LogP contribution is 2.42. The third-order valence-corrected chi connectivity index (χ3v) is 3.38. The summed E-state index contributed by atoms with van der Waals surface area (Å²) in [7, 11) is 1.67. The second-order valence-corrected chi connectivity index (χ2v) is 4.42. The molecule has 4 nitrogen and oxygen atoms in total. The van der Waals surface area contributed by atoms with Gasteiger partial charge in [0.2, 0.25) is 0 Å². The minimum absolute atomic E-state index is 0.277. The lowest BCUT2D eigenvalue weighted by molar-refractivity contribution is 0.250. The lowest BCUT2D eigenvalue weighted by Crippen LogP contribution is -2.45. The van der Waals surface area contributed by atoms with Crippen LogP contribution in [0.2, 0.25) is 0 Å². The van der Waals surface area contributed by atoms with Crippen LogP contribution in [-0.4, -0.2) is 13.1 Å². The number of benzene rings is 1. The van der Waals surface area contributed by atoms with E-state index in [0.29, 0.717) is 0 Å². The van der Waals surface area contributed by atoms with Crippen LogP contribution in [0.5, 0.6) is 0 Å². The summed E-state index contributed by atoms with van der Waals surface area (Å²) in [6.07, 6.45) is 3.08. The fraction of sp³-hybridized carbons (Fsp3) is 0.417. The van der Waals surface area contributed by atoms with Crippen LogP contribution in [0.3, 0.4) is 0 Å². The Labute approximate surface area is 95.2 Å². The predicted molar refractivity (Wildman–Crippen MR) is 64.1 cm³/mol. The summed E-state index contributed by atoms with van der Waals surface area (Å²) in [6, 6.07) is 7.23. The van der Waals surface area contributed by atoms with Gasteiger partial charge in [0.1, 0.15) is 0 Å². The Bertz CT molecular complexity index is 412. The largest absolute Gasteiger partial charge is 0.351 e. The zero-order chi connectivity index (χ0) is 11.8. The molecule has 16 heavy (non-hydrogen) atoms. The number of rotatable bonds is 2. The fourth-order valence-corrected chi connectivity index (χ4v) is 2.13. The molecule has 86 valence electrons. The minimum Gasteiger partial charge on any atom is -0.351 e. The van der Waals surface area contributed by atoms with Crippen LogP contribution < -0.4 is 16.4 Å². The summed E-state index contributed by atoms with van der Waals surface area (Å²) in [6.45, 7) is 0. The van der Waals surface area contributed by atoms with Gasteiger partial charge in [-0.1, -0.05) is 18.2 Å². The van der Waals surface area contributed by atoms with Gasteiger partial charge in [-0.3, -0.25) is 4.90 Å². The van der Waals surface area contributed by atoms with Crippen molar-refractivity contribution in [1.82, 2.24) is 0 Å². The van der Waals surface area contributed by atoms with Crippen molar-refractivity contribution in [3.8, 4) is 0 Å². The molecule has 0 spiro atoms. The molecule has 1 saturated carbocycles. The number of anilines is 1. The first-order chi connectivity index (χ1) is 7.54. The number of carbonyl (C=O) groups excluding carboxylic acids is 1. The van der Waals surface area contributed by atoms with Crippen LogP contribution in [-0.2, 0) is 5.54 Å². The van der Waals surface area contributed by atoms with Crippen LogP contribution in [0, 0.1) is 0 Å². The Morgan fingerprint density at radius 2 is 2.00 bits per heavy atom. The molecule has 4 N–H and O–H groups in total. The molecule has 0 bridgehead atoms. The van der Waals surface area contributed by atoms with Crippen LogP contribution in [0.4, 0.5) is 10.5 Å². The number of urea groups is 1. The maximum absolute atomic E-state index is 11.2. The summed E-state index contributed by atoms with van der Waals surface area (Å²) in [5.74, 6) is 0. The highest BCUT2D eigenvalue weighted by atomic mass is 16.2. The second-order valence-electron chi connectivity index (χ2n) is 4.42. The van der Waals surface area contributed by atoms with Crippen LogP contribution in [0.1, 0.15) is 24.8 Å². The Kier molecular flexibility index (Phi) is 2.59. The molecule has 4 heteroatoms. The van der Waals surface area contributed by atoms with Crippen molar-refractivity contribution in [2.45, 2.75) is 24.8 Å². The molecule has 0 unspecified atom stereocenters. The van der Waals surface area contributed by atoms with Gasteiger partial charge in [-0.05, 0) is 30.9 Å². The average Bonchev–Trinajstić information content (AvgIpc) is 2.25. The van der Waals surface area contributed by atoms with Crippen molar-refractivity contribution >= 4 is 11.7 Å². The van der Waals surface area contributed by atoms with Gasteiger partial charge in [0.25, 0.3) is 0 Å². The molecule has 1 aromatic rings. The van der Waals surface area contributed by atoms with E-state index in [0.717, 1.165) is 30.5 Å². The summed E-state index contributed by atoms with van der Waals surface area (Å²) in [5, 5.41) is 0. The van der Waals surface area contributed by atoms with Gasteiger partial charge in [0, 0.05) is 12.6 Å². The van der Waals surface area contributed by atoms with E-state index in [4.69, 9.17) is 11.5 Å². The first-order valence-corrected chi connectivity index (χ1v) is 5.46. The number of nitrogens with two attached hydrogens (primary N) is 2. The molecule has 0 radical (unpaired) electrons. The Balaban J connectivity index is 2.41. The lowest BCUT2D eigenvalue weighted by atomic mass is 9.72. The maximum atomic E-state index is 11.2. The number of hydrogen-bond acceptors (Lipinski definition) is 2. The standard InChI is InChI=1S/C12H17N3O/c1-15(11(13)16)10-6-3-2-5-9(10)12(14)7-4-8-12/h2-3,5-6H,4,7-8,14H2,1H3,(H2,13,16). The third kappa shape index (κ3) is 1.65. The SMILES string of the molecule is CN(C(N)=O)c1ccccc1C1(N)CCC1. The number of amides is 2. The highest BCUT2D eigenvalue weighted by Gasteiger charge is 2.36. The fourth-order valence-electron chi connectivity index (χ4n) is 2.13. The van der Waals surface area contributed by atoms with Crippen LogP contribution in [0.25, 0.3) is 0 Å². The summed E-state index contributed by atoms with van der Waals surface area (Å²) in [5.41, 5.74) is 13.1. The highest BCUT2D eigenvalue weighted by molar-refractivity contribution is 5.91. The average molecular weight is 219 g/mol. The van der Waals surface area contributed by atoms with Gasteiger partial charge < -0.3 is 11.5 Å². The molecule has 0 saturated heterocycles. The van der Waals surface area contributed by atoms with E-state index >= 15 is 0 Å². The number of primary amides is 1. The molecular weight excluding hydrogens is 202 g/mol. The number of hydrogen-bond donors (Lipinski definition) is 2. The van der Waals surface area contributed by atoms with Crippen molar-refractivity contribution in [2.75, 3.05) is 11.9 Å². The van der Waals surface area contributed by atoms with Crippen molar-refractivity contribution < 1.29 is 4.79 Å². The normalized spacial score (nSPS) is 17.6. The molecule has 0 atom stereocenters. The van der Waals surface area contributed by atoms with Crippen LogP contribution >= 0.6 is 0 Å². The smallest absolute Gasteiger partial charge is 0.319 e. The van der Waals surface area contributed by atoms with E-state index in [1.54, 1.807) is 7.05 Å². The lowest BCUT2D eigenvalue weighted by Gasteiger charge is -2.40. The topological polar surface area (TPSA) is 72.3 Å². The van der Waals surface area contributed by atoms with Gasteiger partial charge in [0.05, 0.1) is 5.69 Å². The van der Waals surface area contributed by atoms with Gasteiger partial charge in [0.15, 0.2) is 0 Å². The number of para-hydroxylation sites is 1. The van der Waals surface area contributed by atoms with E-state index in [9.17, 15) is 4.79 Å². The quantitative estimate of drug-likeness (QED) is 0.791. The minimum atomic E-state index is -0.463. The first-order valence-electron chi connectivity index (χ1n) is 5.46. The molecule has 0 heterocycles. The molecule has 1 aliphatic carbocycles. The van der Waals surface area contributed by atoms with E-state index in [1.807, 2.05) is 24.3 Å². The molecule has 1 aromatic carbocycles. The van der Waals surface area contributed by atoms with Gasteiger partial charge in [-0.2, -0.15) is 0 Å². The second kappa shape index (κ2) is 3.79. The van der Waals surface area contributed by atoms with Crippen molar-refractivity contribution in [3.05, 3.63) is 29.8 Å². The monoisotopic (exact) mass is 219 g/mol. The summed E-state index contributed by atoms with van der Waals surface area (Å²) < 4.78 is 0. The van der Waals surface area contributed by atoms with Crippen molar-refractivity contribution in [2.24, 2.45) is 11.5 Å². The molecule has 2 amide bonds. The number of nitrogens with zero attached hydrogens (tertiary/aromatic N) is 1. The van der Waals surface area contributed by atoms with Gasteiger partial charge in [-0.25, -0.2) is 4.79 Å². The molecular formula is C12H17N3O. The third-order valence-electron chi connectivity index (χ3n) is 3.38. The molecule has 0 aromatic heterocycles. The van der Waals surface area contributed by atoms with Crippen LogP contribution in [0.15, 0.2) is 24.3 Å². The van der Waals surface area contributed by atoms with Gasteiger partial charge in [-0.15, -0.1) is 0 Å². The molecule has 0 aliphatic heterocycles. The Hall–Kier alpha value is -1.55. The first kappa shape index (κ1) is 11.0. The predicted octanol–water partition coefficient (Wildman–Crippen LogP) is 1.54. The Morgan fingerprint density at radius 1 is 1.38 bits per heavy atom. The van der Waals surface area contributed by atoms with Crippen molar-refractivity contribution in [1.29, 1.82) is 0 Å². The zero-order valence-corrected chi connectivity index (χ0v) is 9.44. The van der Waals surface area contributed by atoms with Gasteiger partial charge >= 0.3 is 6.03 Å². The van der Waals surface area contributed by atoms with Crippen molar-refractivity contribution in [3.63, 3.8) is 0 Å². The zero-order valence-electron chi connectivity index (χ0n) is 9.44. The molecule has 2 rings (SSSR count).